The number of aromatic nitrogens is 2. The van der Waals surface area contributed by atoms with Gasteiger partial charge in [-0.1, -0.05) is 50.5 Å². The van der Waals surface area contributed by atoms with Crippen molar-refractivity contribution in [2.45, 2.75) is 119 Å². The van der Waals surface area contributed by atoms with E-state index in [4.69, 9.17) is 9.47 Å². The van der Waals surface area contributed by atoms with Gasteiger partial charge in [-0.2, -0.15) is 0 Å². The van der Waals surface area contributed by atoms with Crippen molar-refractivity contribution in [1.82, 2.24) is 15.3 Å². The lowest BCUT2D eigenvalue weighted by Crippen LogP contribution is -2.81. The molecule has 8 heteroatoms. The zero-order valence-corrected chi connectivity index (χ0v) is 30.0. The highest BCUT2D eigenvalue weighted by atomic mass is 79.9. The summed E-state index contributed by atoms with van der Waals surface area (Å²) in [6, 6.07) is 8.69. The van der Waals surface area contributed by atoms with E-state index in [-0.39, 0.29) is 33.1 Å². The largest absolute Gasteiger partial charge is 0.484 e. The van der Waals surface area contributed by atoms with Crippen LogP contribution in [0.15, 0.2) is 41.1 Å². The number of anilines is 2. The Morgan fingerprint density at radius 3 is 1.88 bits per heavy atom. The SMILES string of the molecule is CC(C)(C)Oc1cc2c(Nc3ccc(Br)cc3F)ncnc2cc1OC(C)(C)C1(C)C(C)(C)C(C)(C)NC(C)(C)C1(C)C. The standard InChI is InChI=1S/C35H50BrFN4O2/c1-29(2,3)42-26-18-22-25(38-20-39-28(22)40-24-16-15-21(36)17-23(24)37)19-27(26)43-34(12,13)35(14)30(4,5)32(8,9)41-33(10,11)31(35,6)7/h15-20,41H,1-14H3,(H,38,39,40). The van der Waals surface area contributed by atoms with Crippen molar-refractivity contribution >= 4 is 38.3 Å². The maximum atomic E-state index is 14.8. The fourth-order valence-electron chi connectivity index (χ4n) is 7.38. The van der Waals surface area contributed by atoms with E-state index < -0.39 is 11.2 Å². The van der Waals surface area contributed by atoms with E-state index in [0.717, 1.165) is 0 Å². The minimum atomic E-state index is -0.658. The highest BCUT2D eigenvalue weighted by molar-refractivity contribution is 9.10. The summed E-state index contributed by atoms with van der Waals surface area (Å²) in [6.45, 7) is 31.4. The summed E-state index contributed by atoms with van der Waals surface area (Å²) in [5, 5.41) is 7.82. The van der Waals surface area contributed by atoms with Gasteiger partial charge >= 0.3 is 0 Å². The molecule has 0 aliphatic carbocycles. The number of nitrogens with one attached hydrogen (secondary N) is 2. The number of ether oxygens (including phenoxy) is 2. The van der Waals surface area contributed by atoms with Gasteiger partial charge in [0.15, 0.2) is 11.5 Å². The van der Waals surface area contributed by atoms with Gasteiger partial charge in [0.1, 0.15) is 29.2 Å². The minimum absolute atomic E-state index is 0.189. The van der Waals surface area contributed by atoms with E-state index in [1.54, 1.807) is 12.1 Å². The van der Waals surface area contributed by atoms with Crippen LogP contribution in [-0.4, -0.2) is 32.2 Å². The second-order valence-corrected chi connectivity index (χ2v) is 16.8. The number of fused-ring (bicyclic) bond motifs is 1. The Balaban J connectivity index is 1.89. The molecule has 0 unspecified atom stereocenters. The lowest BCUT2D eigenvalue weighted by atomic mass is 9.37. The van der Waals surface area contributed by atoms with Crippen LogP contribution in [0.5, 0.6) is 11.5 Å². The molecule has 1 aliphatic heterocycles. The van der Waals surface area contributed by atoms with E-state index in [0.29, 0.717) is 38.4 Å². The summed E-state index contributed by atoms with van der Waals surface area (Å²) >= 11 is 3.32. The van der Waals surface area contributed by atoms with Gasteiger partial charge in [0.25, 0.3) is 0 Å². The minimum Gasteiger partial charge on any atom is -0.484 e. The third kappa shape index (κ3) is 5.41. The van der Waals surface area contributed by atoms with Crippen molar-refractivity contribution in [1.29, 1.82) is 0 Å². The Hall–Kier alpha value is -2.45. The number of hydrogen-bond donors (Lipinski definition) is 2. The molecule has 2 aromatic carbocycles. The molecule has 0 amide bonds. The normalized spacial score (nSPS) is 20.5. The lowest BCUT2D eigenvalue weighted by Gasteiger charge is -2.74. The van der Waals surface area contributed by atoms with E-state index in [1.165, 1.54) is 12.4 Å². The number of hydrogen-bond acceptors (Lipinski definition) is 6. The van der Waals surface area contributed by atoms with Crippen molar-refractivity contribution in [3.63, 3.8) is 0 Å². The molecule has 4 rings (SSSR count). The van der Waals surface area contributed by atoms with E-state index in [2.05, 4.69) is 113 Å². The average molecular weight is 658 g/mol. The first kappa shape index (κ1) is 33.4. The zero-order chi connectivity index (χ0) is 32.6. The summed E-state index contributed by atoms with van der Waals surface area (Å²) in [5.41, 5.74) is -1.29. The number of piperidine rings is 1. The molecule has 0 radical (unpaired) electrons. The second kappa shape index (κ2) is 10.3. The Morgan fingerprint density at radius 1 is 0.791 bits per heavy atom. The van der Waals surface area contributed by atoms with Crippen LogP contribution in [0.1, 0.15) is 96.9 Å². The first-order valence-electron chi connectivity index (χ1n) is 15.1. The monoisotopic (exact) mass is 656 g/mol. The van der Waals surface area contributed by atoms with Gasteiger partial charge in [0, 0.05) is 32.4 Å². The van der Waals surface area contributed by atoms with E-state index in [9.17, 15) is 4.39 Å². The predicted molar refractivity (Wildman–Crippen MR) is 179 cm³/mol. The Bertz CT molecular complexity index is 1510. The van der Waals surface area contributed by atoms with Crippen LogP contribution in [0.2, 0.25) is 0 Å². The van der Waals surface area contributed by atoms with Gasteiger partial charge < -0.3 is 20.1 Å². The van der Waals surface area contributed by atoms with Crippen LogP contribution in [0.25, 0.3) is 10.9 Å². The van der Waals surface area contributed by atoms with Gasteiger partial charge in [-0.15, -0.1) is 0 Å². The van der Waals surface area contributed by atoms with Crippen molar-refractivity contribution in [3.05, 3.63) is 46.9 Å². The molecule has 0 bridgehead atoms. The van der Waals surface area contributed by atoms with Gasteiger partial charge in [-0.3, -0.25) is 0 Å². The summed E-state index contributed by atoms with van der Waals surface area (Å²) < 4.78 is 29.1. The van der Waals surface area contributed by atoms with Gasteiger partial charge in [-0.25, -0.2) is 14.4 Å². The van der Waals surface area contributed by atoms with Crippen LogP contribution in [-0.2, 0) is 0 Å². The highest BCUT2D eigenvalue weighted by Crippen LogP contribution is 2.68. The van der Waals surface area contributed by atoms with Crippen LogP contribution in [0.4, 0.5) is 15.9 Å². The number of benzene rings is 2. The molecule has 1 aromatic heterocycles. The van der Waals surface area contributed by atoms with E-state index >= 15 is 0 Å². The molecule has 43 heavy (non-hydrogen) atoms. The van der Waals surface area contributed by atoms with Crippen LogP contribution in [0.3, 0.4) is 0 Å². The van der Waals surface area contributed by atoms with Crippen molar-refractivity contribution in [2.75, 3.05) is 5.32 Å². The summed E-state index contributed by atoms with van der Waals surface area (Å²) in [4.78, 5) is 9.04. The molecule has 3 aromatic rings. The lowest BCUT2D eigenvalue weighted by molar-refractivity contribution is -0.246. The molecule has 0 saturated carbocycles. The van der Waals surface area contributed by atoms with Gasteiger partial charge in [-0.05, 0) is 97.4 Å². The first-order valence-corrected chi connectivity index (χ1v) is 15.8. The maximum absolute atomic E-state index is 14.8. The van der Waals surface area contributed by atoms with Crippen LogP contribution in [0, 0.1) is 22.1 Å². The second-order valence-electron chi connectivity index (χ2n) is 15.9. The molecule has 1 aliphatic rings. The third-order valence-corrected chi connectivity index (χ3v) is 11.6. The molecular weight excluding hydrogens is 607 g/mol. The molecular formula is C35H50BrFN4O2. The quantitative estimate of drug-likeness (QED) is 0.275. The van der Waals surface area contributed by atoms with E-state index in [1.807, 2.05) is 32.9 Å². The highest BCUT2D eigenvalue weighted by Gasteiger charge is 2.72. The zero-order valence-electron chi connectivity index (χ0n) is 28.4. The van der Waals surface area contributed by atoms with Crippen LogP contribution >= 0.6 is 15.9 Å². The van der Waals surface area contributed by atoms with Crippen molar-refractivity contribution < 1.29 is 13.9 Å². The maximum Gasteiger partial charge on any atom is 0.164 e. The molecule has 6 nitrogen and oxygen atoms in total. The molecule has 2 heterocycles. The smallest absolute Gasteiger partial charge is 0.164 e. The summed E-state index contributed by atoms with van der Waals surface area (Å²) in [7, 11) is 0. The Morgan fingerprint density at radius 2 is 1.35 bits per heavy atom. The van der Waals surface area contributed by atoms with Gasteiger partial charge in [0.2, 0.25) is 0 Å². The number of halogens is 2. The first-order chi connectivity index (χ1) is 19.4. The predicted octanol–water partition coefficient (Wildman–Crippen LogP) is 9.83. The van der Waals surface area contributed by atoms with Crippen LogP contribution < -0.4 is 20.1 Å². The summed E-state index contributed by atoms with van der Waals surface area (Å²) in [6.07, 6.45) is 1.48. The summed E-state index contributed by atoms with van der Waals surface area (Å²) in [5.74, 6) is 1.27. The molecule has 0 spiro atoms. The Kier molecular flexibility index (Phi) is 8.01. The fourth-order valence-corrected chi connectivity index (χ4v) is 7.71. The molecule has 0 atom stereocenters. The fraction of sp³-hybridized carbons (Fsp3) is 0.600. The number of rotatable bonds is 6. The average Bonchev–Trinajstić information content (AvgIpc) is 2.83. The molecule has 1 saturated heterocycles. The van der Waals surface area contributed by atoms with Gasteiger partial charge in [0.05, 0.1) is 11.2 Å². The topological polar surface area (TPSA) is 68.3 Å². The molecule has 2 N–H and O–H groups in total. The number of nitrogens with zero attached hydrogens (tertiary/aromatic N) is 2. The third-order valence-electron chi connectivity index (χ3n) is 11.1. The molecule has 1 fully saturated rings. The van der Waals surface area contributed by atoms with Crippen molar-refractivity contribution in [2.24, 2.45) is 16.2 Å². The van der Waals surface area contributed by atoms with Crippen molar-refractivity contribution in [3.8, 4) is 11.5 Å². The molecule has 236 valence electrons. The Labute approximate surface area is 266 Å².